The van der Waals surface area contributed by atoms with Gasteiger partial charge in [0, 0.05) is 4.47 Å². The summed E-state index contributed by atoms with van der Waals surface area (Å²) < 4.78 is 0.774. The van der Waals surface area contributed by atoms with Gasteiger partial charge in [-0.25, -0.2) is 4.90 Å². The van der Waals surface area contributed by atoms with Crippen molar-refractivity contribution in [3.05, 3.63) is 27.2 Å². The number of fused-ring (bicyclic) bond motifs is 1. The van der Waals surface area contributed by atoms with Gasteiger partial charge in [0.2, 0.25) is 11.8 Å². The molecule has 0 bridgehead atoms. The summed E-state index contributed by atoms with van der Waals surface area (Å²) in [6, 6.07) is 3.56. The Hall–Kier alpha value is -0.870. The number of imide groups is 1. The Balaban J connectivity index is 2.01. The number of rotatable bonds is 1. The average molecular weight is 371 g/mol. The molecule has 1 heterocycles. The molecule has 3 atom stereocenters. The number of carbonyl (C=O) groups excluding carboxylic acids is 2. The van der Waals surface area contributed by atoms with Crippen LogP contribution in [0.5, 0.6) is 0 Å². The first kappa shape index (κ1) is 15.0. The molecule has 3 rings (SSSR count). The van der Waals surface area contributed by atoms with Crippen LogP contribution >= 0.6 is 27.5 Å². The molecule has 112 valence electrons. The lowest BCUT2D eigenvalue weighted by atomic mass is 9.76. The van der Waals surface area contributed by atoms with E-state index in [1.165, 1.54) is 4.90 Å². The highest BCUT2D eigenvalue weighted by Gasteiger charge is 2.50. The topological polar surface area (TPSA) is 37.4 Å². The molecule has 2 fully saturated rings. The fourth-order valence-electron chi connectivity index (χ4n) is 3.50. The molecule has 3 unspecified atom stereocenters. The molecule has 1 aromatic rings. The van der Waals surface area contributed by atoms with Crippen LogP contribution in [0.2, 0.25) is 5.02 Å². The van der Waals surface area contributed by atoms with Gasteiger partial charge in [-0.1, -0.05) is 18.5 Å². The largest absolute Gasteiger partial charge is 0.274 e. The van der Waals surface area contributed by atoms with Crippen LogP contribution < -0.4 is 4.90 Å². The Labute approximate surface area is 137 Å². The molecule has 1 aromatic carbocycles. The van der Waals surface area contributed by atoms with Gasteiger partial charge in [0.1, 0.15) is 0 Å². The summed E-state index contributed by atoms with van der Waals surface area (Å²) in [6.45, 7) is 4.04. The molecule has 0 N–H and O–H groups in total. The number of aryl methyl sites for hydroxylation is 1. The lowest BCUT2D eigenvalue weighted by Crippen LogP contribution is -2.31. The first-order valence-electron chi connectivity index (χ1n) is 7.23. The fraction of sp³-hybridized carbons (Fsp3) is 0.500. The molecule has 1 aliphatic heterocycles. The first-order chi connectivity index (χ1) is 9.90. The van der Waals surface area contributed by atoms with Gasteiger partial charge in [0.05, 0.1) is 22.5 Å². The quantitative estimate of drug-likeness (QED) is 0.690. The van der Waals surface area contributed by atoms with E-state index in [0.29, 0.717) is 16.6 Å². The van der Waals surface area contributed by atoms with E-state index >= 15 is 0 Å². The third kappa shape index (κ3) is 2.42. The highest BCUT2D eigenvalue weighted by molar-refractivity contribution is 9.10. The van der Waals surface area contributed by atoms with Gasteiger partial charge in [0.25, 0.3) is 0 Å². The van der Waals surface area contributed by atoms with Crippen LogP contribution in [-0.2, 0) is 9.59 Å². The number of halogens is 2. The van der Waals surface area contributed by atoms with E-state index in [-0.39, 0.29) is 23.7 Å². The maximum Gasteiger partial charge on any atom is 0.237 e. The fourth-order valence-corrected chi connectivity index (χ4v) is 4.12. The SMILES string of the molecule is Cc1cc(Br)c(Cl)cc1N1C(=O)C2CCC(C)CC2C1=O. The molecule has 0 spiro atoms. The zero-order valence-electron chi connectivity index (χ0n) is 12.0. The Morgan fingerprint density at radius 1 is 1.19 bits per heavy atom. The summed E-state index contributed by atoms with van der Waals surface area (Å²) in [5.41, 5.74) is 1.50. The van der Waals surface area contributed by atoms with Crippen molar-refractivity contribution in [1.82, 2.24) is 0 Å². The monoisotopic (exact) mass is 369 g/mol. The molecule has 2 aliphatic rings. The van der Waals surface area contributed by atoms with Crippen LogP contribution in [0.25, 0.3) is 0 Å². The summed E-state index contributed by atoms with van der Waals surface area (Å²) in [4.78, 5) is 26.7. The van der Waals surface area contributed by atoms with E-state index in [4.69, 9.17) is 11.6 Å². The van der Waals surface area contributed by atoms with Crippen LogP contribution in [0.3, 0.4) is 0 Å². The Kier molecular flexibility index (Phi) is 3.87. The summed E-state index contributed by atoms with van der Waals surface area (Å²) >= 11 is 9.51. The lowest BCUT2D eigenvalue weighted by Gasteiger charge is -2.25. The second-order valence-electron chi connectivity index (χ2n) is 6.20. The Morgan fingerprint density at radius 2 is 1.86 bits per heavy atom. The van der Waals surface area contributed by atoms with Crippen molar-refractivity contribution in [2.75, 3.05) is 4.90 Å². The predicted octanol–water partition coefficient (Wildman–Crippen LogP) is 4.34. The smallest absolute Gasteiger partial charge is 0.237 e. The summed E-state index contributed by atoms with van der Waals surface area (Å²) in [6.07, 6.45) is 2.65. The molecule has 3 nitrogen and oxygen atoms in total. The zero-order chi connectivity index (χ0) is 15.3. The van der Waals surface area contributed by atoms with Crippen LogP contribution in [-0.4, -0.2) is 11.8 Å². The standard InChI is InChI=1S/C16H17BrClNO2/c1-8-3-4-10-11(5-8)16(21)19(15(10)20)14-7-13(18)12(17)6-9(14)2/h6-8,10-11H,3-5H2,1-2H3. The maximum atomic E-state index is 12.7. The lowest BCUT2D eigenvalue weighted by molar-refractivity contribution is -0.122. The number of benzene rings is 1. The molecule has 21 heavy (non-hydrogen) atoms. The second kappa shape index (κ2) is 5.40. The van der Waals surface area contributed by atoms with Crippen molar-refractivity contribution in [3.8, 4) is 0 Å². The molecule has 1 aliphatic carbocycles. The molecular formula is C16H17BrClNO2. The third-order valence-corrected chi connectivity index (χ3v) is 5.86. The third-order valence-electron chi connectivity index (χ3n) is 4.67. The number of anilines is 1. The molecular weight excluding hydrogens is 354 g/mol. The van der Waals surface area contributed by atoms with Gasteiger partial charge in [-0.15, -0.1) is 0 Å². The van der Waals surface area contributed by atoms with Crippen molar-refractivity contribution in [2.45, 2.75) is 33.1 Å². The Bertz CT molecular complexity index is 631. The second-order valence-corrected chi connectivity index (χ2v) is 7.46. The van der Waals surface area contributed by atoms with Gasteiger partial charge < -0.3 is 0 Å². The predicted molar refractivity (Wildman–Crippen MR) is 86.4 cm³/mol. The minimum Gasteiger partial charge on any atom is -0.274 e. The van der Waals surface area contributed by atoms with Crippen molar-refractivity contribution >= 4 is 45.0 Å². The first-order valence-corrected chi connectivity index (χ1v) is 8.40. The highest BCUT2D eigenvalue weighted by atomic mass is 79.9. The van der Waals surface area contributed by atoms with Crippen LogP contribution in [0.4, 0.5) is 5.69 Å². The van der Waals surface area contributed by atoms with Crippen LogP contribution in [0.15, 0.2) is 16.6 Å². The Morgan fingerprint density at radius 3 is 2.57 bits per heavy atom. The average Bonchev–Trinajstić information content (AvgIpc) is 2.66. The van der Waals surface area contributed by atoms with Crippen molar-refractivity contribution in [1.29, 1.82) is 0 Å². The number of amides is 2. The van der Waals surface area contributed by atoms with E-state index in [9.17, 15) is 9.59 Å². The summed E-state index contributed by atoms with van der Waals surface area (Å²) in [5, 5.41) is 0.513. The highest BCUT2D eigenvalue weighted by Crippen LogP contribution is 2.43. The van der Waals surface area contributed by atoms with Gasteiger partial charge in [-0.3, -0.25) is 9.59 Å². The summed E-state index contributed by atoms with van der Waals surface area (Å²) in [5.74, 6) is 0.104. The number of nitrogens with zero attached hydrogens (tertiary/aromatic N) is 1. The van der Waals surface area contributed by atoms with Crippen LogP contribution in [0, 0.1) is 24.7 Å². The van der Waals surface area contributed by atoms with E-state index in [1.807, 2.05) is 13.0 Å². The van der Waals surface area contributed by atoms with E-state index in [1.54, 1.807) is 6.07 Å². The number of carbonyl (C=O) groups is 2. The summed E-state index contributed by atoms with van der Waals surface area (Å²) in [7, 11) is 0. The van der Waals surface area contributed by atoms with E-state index in [0.717, 1.165) is 29.3 Å². The molecule has 2 amide bonds. The minimum absolute atomic E-state index is 0.0570. The van der Waals surface area contributed by atoms with E-state index in [2.05, 4.69) is 22.9 Å². The number of hydrogen-bond acceptors (Lipinski definition) is 2. The molecule has 1 saturated carbocycles. The number of hydrogen-bond donors (Lipinski definition) is 0. The van der Waals surface area contributed by atoms with E-state index < -0.39 is 0 Å². The van der Waals surface area contributed by atoms with Gasteiger partial charge in [0.15, 0.2) is 0 Å². The van der Waals surface area contributed by atoms with Gasteiger partial charge >= 0.3 is 0 Å². The normalized spacial score (nSPS) is 29.0. The molecule has 5 heteroatoms. The zero-order valence-corrected chi connectivity index (χ0v) is 14.4. The minimum atomic E-state index is -0.150. The molecule has 0 radical (unpaired) electrons. The van der Waals surface area contributed by atoms with Crippen molar-refractivity contribution < 1.29 is 9.59 Å². The van der Waals surface area contributed by atoms with Crippen molar-refractivity contribution in [3.63, 3.8) is 0 Å². The van der Waals surface area contributed by atoms with Crippen molar-refractivity contribution in [2.24, 2.45) is 17.8 Å². The molecule has 1 saturated heterocycles. The van der Waals surface area contributed by atoms with Gasteiger partial charge in [-0.2, -0.15) is 0 Å². The van der Waals surface area contributed by atoms with Gasteiger partial charge in [-0.05, 0) is 65.7 Å². The molecule has 0 aromatic heterocycles. The maximum absolute atomic E-state index is 12.7. The van der Waals surface area contributed by atoms with Crippen LogP contribution in [0.1, 0.15) is 31.7 Å².